The van der Waals surface area contributed by atoms with Crippen molar-refractivity contribution in [3.8, 4) is 5.75 Å². The average molecular weight is 325 g/mol. The van der Waals surface area contributed by atoms with Crippen molar-refractivity contribution in [2.24, 2.45) is 0 Å². The largest absolute Gasteiger partial charge is 0.497 e. The maximum atomic E-state index is 12.9. The number of hydrogen-bond acceptors (Lipinski definition) is 5. The summed E-state index contributed by atoms with van der Waals surface area (Å²) < 4.78 is 10.8. The molecule has 0 aliphatic heterocycles. The number of hydrogen-bond donors (Lipinski definition) is 0. The quantitative estimate of drug-likeness (QED) is 0.400. The Kier molecular flexibility index (Phi) is 4.04. The van der Waals surface area contributed by atoms with E-state index in [4.69, 9.17) is 9.15 Å². The molecule has 0 bridgehead atoms. The summed E-state index contributed by atoms with van der Waals surface area (Å²) in [4.78, 5) is 23.4. The summed E-state index contributed by atoms with van der Waals surface area (Å²) in [7, 11) is 1.55. The van der Waals surface area contributed by atoms with Gasteiger partial charge in [-0.25, -0.2) is 0 Å². The van der Waals surface area contributed by atoms with Gasteiger partial charge in [0.25, 0.3) is 5.69 Å². The molecule has 1 heterocycles. The first-order chi connectivity index (χ1) is 11.5. The number of furan rings is 1. The van der Waals surface area contributed by atoms with E-state index in [1.54, 1.807) is 31.4 Å². The molecule has 0 saturated carbocycles. The molecule has 6 nitrogen and oxygen atoms in total. The molecule has 0 N–H and O–H groups in total. The first-order valence-corrected chi connectivity index (χ1v) is 7.43. The highest BCUT2D eigenvalue weighted by atomic mass is 16.6. The van der Waals surface area contributed by atoms with Gasteiger partial charge in [-0.15, -0.1) is 0 Å². The lowest BCUT2D eigenvalue weighted by atomic mass is 9.99. The molecule has 3 aromatic rings. The van der Waals surface area contributed by atoms with Gasteiger partial charge in [0, 0.05) is 29.5 Å². The Labute approximate surface area is 137 Å². The Balaban J connectivity index is 2.16. The van der Waals surface area contributed by atoms with Crippen LogP contribution >= 0.6 is 0 Å². The molecule has 0 aliphatic carbocycles. The van der Waals surface area contributed by atoms with Crippen molar-refractivity contribution in [3.63, 3.8) is 0 Å². The molecule has 122 valence electrons. The zero-order valence-corrected chi connectivity index (χ0v) is 13.2. The molecule has 0 unspecified atom stereocenters. The average Bonchev–Trinajstić information content (AvgIpc) is 2.98. The minimum absolute atomic E-state index is 0.0743. The fraction of sp³-hybridized carbons (Fsp3) is 0.167. The standard InChI is InChI=1S/C18H15NO5/c1-3-15-17(18(20)11-4-7-13(23-2)8-5-11)14-10-12(19(21)22)6-9-16(14)24-15/h4-10H,3H2,1-2H3. The van der Waals surface area contributed by atoms with E-state index in [0.29, 0.717) is 40.0 Å². The molecule has 1 aromatic heterocycles. The summed E-state index contributed by atoms with van der Waals surface area (Å²) in [6.45, 7) is 1.87. The second-order valence-electron chi connectivity index (χ2n) is 5.25. The van der Waals surface area contributed by atoms with E-state index in [-0.39, 0.29) is 11.5 Å². The molecular formula is C18H15NO5. The van der Waals surface area contributed by atoms with Crippen LogP contribution < -0.4 is 4.74 Å². The number of carbonyl (C=O) groups excluding carboxylic acids is 1. The Hall–Kier alpha value is -3.15. The number of nitrogens with zero attached hydrogens (tertiary/aromatic N) is 1. The molecule has 0 spiro atoms. The first-order valence-electron chi connectivity index (χ1n) is 7.43. The molecule has 0 radical (unpaired) electrons. The van der Waals surface area contributed by atoms with E-state index >= 15 is 0 Å². The minimum atomic E-state index is -0.486. The van der Waals surface area contributed by atoms with Gasteiger partial charge in [-0.1, -0.05) is 6.92 Å². The van der Waals surface area contributed by atoms with Crippen LogP contribution in [-0.2, 0) is 6.42 Å². The van der Waals surface area contributed by atoms with Crippen LogP contribution in [0.1, 0.15) is 28.6 Å². The van der Waals surface area contributed by atoms with Crippen LogP contribution in [0, 0.1) is 10.1 Å². The summed E-state index contributed by atoms with van der Waals surface area (Å²) in [6.07, 6.45) is 0.514. The number of ketones is 1. The van der Waals surface area contributed by atoms with Crippen LogP contribution in [-0.4, -0.2) is 17.8 Å². The third kappa shape index (κ3) is 2.62. The number of nitro groups is 1. The Morgan fingerprint density at radius 2 is 1.92 bits per heavy atom. The number of aryl methyl sites for hydroxylation is 1. The van der Waals surface area contributed by atoms with E-state index in [1.165, 1.54) is 18.2 Å². The van der Waals surface area contributed by atoms with Gasteiger partial charge in [0.15, 0.2) is 5.78 Å². The zero-order chi connectivity index (χ0) is 17.3. The smallest absolute Gasteiger partial charge is 0.270 e. The topological polar surface area (TPSA) is 82.6 Å². The highest BCUT2D eigenvalue weighted by Crippen LogP contribution is 2.31. The highest BCUT2D eigenvalue weighted by Gasteiger charge is 2.23. The molecule has 3 rings (SSSR count). The van der Waals surface area contributed by atoms with E-state index in [0.717, 1.165) is 0 Å². The molecule has 6 heteroatoms. The number of methoxy groups -OCH3 is 1. The van der Waals surface area contributed by atoms with Gasteiger partial charge in [0.2, 0.25) is 0 Å². The normalized spacial score (nSPS) is 10.8. The first kappa shape index (κ1) is 15.7. The van der Waals surface area contributed by atoms with Crippen LogP contribution in [0.3, 0.4) is 0 Å². The van der Waals surface area contributed by atoms with Gasteiger partial charge in [0.05, 0.1) is 17.6 Å². The van der Waals surface area contributed by atoms with Gasteiger partial charge in [0.1, 0.15) is 17.1 Å². The van der Waals surface area contributed by atoms with Gasteiger partial charge in [-0.3, -0.25) is 14.9 Å². The maximum absolute atomic E-state index is 12.9. The molecule has 0 aliphatic rings. The lowest BCUT2D eigenvalue weighted by Crippen LogP contribution is -2.03. The summed E-state index contributed by atoms with van der Waals surface area (Å²) in [5, 5.41) is 11.5. The second kappa shape index (κ2) is 6.16. The van der Waals surface area contributed by atoms with Crippen LogP contribution in [0.4, 0.5) is 5.69 Å². The van der Waals surface area contributed by atoms with Crippen molar-refractivity contribution in [3.05, 3.63) is 69.5 Å². The Morgan fingerprint density at radius 3 is 2.50 bits per heavy atom. The van der Waals surface area contributed by atoms with Crippen molar-refractivity contribution in [1.82, 2.24) is 0 Å². The van der Waals surface area contributed by atoms with Crippen molar-refractivity contribution in [2.45, 2.75) is 13.3 Å². The molecule has 0 amide bonds. The van der Waals surface area contributed by atoms with E-state index in [9.17, 15) is 14.9 Å². The zero-order valence-electron chi connectivity index (χ0n) is 13.2. The lowest BCUT2D eigenvalue weighted by Gasteiger charge is -2.03. The third-order valence-corrected chi connectivity index (χ3v) is 3.86. The number of fused-ring (bicyclic) bond motifs is 1. The molecule has 0 fully saturated rings. The van der Waals surface area contributed by atoms with Crippen molar-refractivity contribution < 1.29 is 18.9 Å². The van der Waals surface area contributed by atoms with E-state index in [2.05, 4.69) is 0 Å². The number of benzene rings is 2. The van der Waals surface area contributed by atoms with Crippen molar-refractivity contribution in [2.75, 3.05) is 7.11 Å². The Bertz CT molecular complexity index is 924. The number of nitro benzene ring substituents is 1. The third-order valence-electron chi connectivity index (χ3n) is 3.86. The molecular weight excluding hydrogens is 310 g/mol. The number of rotatable bonds is 5. The Morgan fingerprint density at radius 1 is 1.21 bits per heavy atom. The summed E-state index contributed by atoms with van der Waals surface area (Å²) >= 11 is 0. The summed E-state index contributed by atoms with van der Waals surface area (Å²) in [6, 6.07) is 11.0. The predicted octanol–water partition coefficient (Wildman–Crippen LogP) is 4.14. The minimum Gasteiger partial charge on any atom is -0.497 e. The van der Waals surface area contributed by atoms with Crippen LogP contribution in [0.5, 0.6) is 5.75 Å². The maximum Gasteiger partial charge on any atom is 0.270 e. The van der Waals surface area contributed by atoms with Crippen LogP contribution in [0.2, 0.25) is 0 Å². The molecule has 2 aromatic carbocycles. The fourth-order valence-corrected chi connectivity index (χ4v) is 2.63. The molecule has 24 heavy (non-hydrogen) atoms. The van der Waals surface area contributed by atoms with Gasteiger partial charge < -0.3 is 9.15 Å². The predicted molar refractivity (Wildman–Crippen MR) is 88.7 cm³/mol. The summed E-state index contributed by atoms with van der Waals surface area (Å²) in [5.41, 5.74) is 1.24. The fourth-order valence-electron chi connectivity index (χ4n) is 2.63. The van der Waals surface area contributed by atoms with E-state index in [1.807, 2.05) is 6.92 Å². The monoisotopic (exact) mass is 325 g/mol. The number of non-ortho nitro benzene ring substituents is 1. The van der Waals surface area contributed by atoms with Crippen LogP contribution in [0.15, 0.2) is 46.9 Å². The SMILES string of the molecule is CCc1oc2ccc([N+](=O)[O-])cc2c1C(=O)c1ccc(OC)cc1. The second-order valence-corrected chi connectivity index (χ2v) is 5.25. The summed E-state index contributed by atoms with van der Waals surface area (Å²) in [5.74, 6) is 0.940. The van der Waals surface area contributed by atoms with Crippen molar-refractivity contribution in [1.29, 1.82) is 0 Å². The molecule has 0 saturated heterocycles. The highest BCUT2D eigenvalue weighted by molar-refractivity contribution is 6.17. The lowest BCUT2D eigenvalue weighted by molar-refractivity contribution is -0.384. The van der Waals surface area contributed by atoms with Gasteiger partial charge in [-0.2, -0.15) is 0 Å². The van der Waals surface area contributed by atoms with Crippen LogP contribution in [0.25, 0.3) is 11.0 Å². The van der Waals surface area contributed by atoms with Crippen molar-refractivity contribution >= 4 is 22.4 Å². The number of ether oxygens (including phenoxy) is 1. The van der Waals surface area contributed by atoms with E-state index < -0.39 is 4.92 Å². The van der Waals surface area contributed by atoms with Gasteiger partial charge >= 0.3 is 0 Å². The number of carbonyl (C=O) groups is 1. The molecule has 0 atom stereocenters. The van der Waals surface area contributed by atoms with Gasteiger partial charge in [-0.05, 0) is 30.3 Å².